The fraction of sp³-hybridized carbons (Fsp3) is 0.745. The Morgan fingerprint density at radius 3 is 1.29 bits per heavy atom. The van der Waals surface area contributed by atoms with Crippen molar-refractivity contribution in [1.29, 1.82) is 0 Å². The van der Waals surface area contributed by atoms with Crippen LogP contribution in [0, 0.1) is 0 Å². The summed E-state index contributed by atoms with van der Waals surface area (Å²) in [6.07, 6.45) is 43.9. The van der Waals surface area contributed by atoms with Crippen LogP contribution < -0.4 is 0 Å². The van der Waals surface area contributed by atoms with Gasteiger partial charge >= 0.3 is 19.8 Å². The highest BCUT2D eigenvalue weighted by molar-refractivity contribution is 7.47. The monoisotopic (exact) mass is 995 g/mol. The van der Waals surface area contributed by atoms with Crippen LogP contribution in [-0.4, -0.2) is 98.3 Å². The molecule has 6 unspecified atom stereocenters. The number of hydrogen-bond donors (Lipinski definition) is 6. The quantitative estimate of drug-likeness (QED) is 0.0145. The second-order valence-electron chi connectivity index (χ2n) is 18.4. The lowest BCUT2D eigenvalue weighted by Crippen LogP contribution is -2.64. The van der Waals surface area contributed by atoms with Gasteiger partial charge in [-0.15, -0.1) is 0 Å². The summed E-state index contributed by atoms with van der Waals surface area (Å²) >= 11 is 0. The van der Waals surface area contributed by atoms with Gasteiger partial charge in [0.1, 0.15) is 43.2 Å². The van der Waals surface area contributed by atoms with E-state index in [2.05, 4.69) is 68.5 Å². The maximum absolute atomic E-state index is 12.9. The molecule has 0 aromatic rings. The molecule has 0 radical (unpaired) electrons. The van der Waals surface area contributed by atoms with Gasteiger partial charge in [-0.05, 0) is 77.0 Å². The van der Waals surface area contributed by atoms with Gasteiger partial charge in [-0.1, -0.05) is 189 Å². The van der Waals surface area contributed by atoms with E-state index in [9.17, 15) is 44.6 Å². The van der Waals surface area contributed by atoms with Crippen molar-refractivity contribution < 1.29 is 63.1 Å². The number of carbonyl (C=O) groups is 2. The van der Waals surface area contributed by atoms with Gasteiger partial charge in [-0.3, -0.25) is 18.6 Å². The number of carbonyl (C=O) groups excluding carboxylic acids is 2. The second-order valence-corrected chi connectivity index (χ2v) is 19.8. The van der Waals surface area contributed by atoms with Crippen LogP contribution in [0.5, 0.6) is 0 Å². The van der Waals surface area contributed by atoms with Crippen LogP contribution in [0.15, 0.2) is 72.9 Å². The summed E-state index contributed by atoms with van der Waals surface area (Å²) in [5, 5.41) is 50.3. The number of unbranched alkanes of at least 4 members (excludes halogenated alkanes) is 20. The standard InChI is InChI=1S/C55H95O13P/c1-3-5-7-9-11-13-15-17-19-21-23-24-26-27-29-31-33-35-37-39-41-43-48(56)65-45-47(46-66-69(63,64)68-55-53(61)51(59)50(58)52(60)54(55)62)67-49(57)44-42-40-38-36-34-32-30-28-25-22-20-18-16-14-12-10-8-6-4-2/h12,14,17-20,25,28,32,34,38,40,47,50-55,58-62H,3-11,13,15-16,21-24,26-27,29-31,33,35-37,39,41-46H2,1-2H3,(H,63,64)/b14-12+,19-17+,20-18+,28-25+,34-32+,40-38+/t47-,50?,51-,52?,53?,54?,55?/m0/s1. The maximum Gasteiger partial charge on any atom is 0.472 e. The van der Waals surface area contributed by atoms with E-state index >= 15 is 0 Å². The first kappa shape index (κ1) is 64.3. The molecule has 6 N–H and O–H groups in total. The van der Waals surface area contributed by atoms with Crippen LogP contribution in [-0.2, 0) is 32.7 Å². The van der Waals surface area contributed by atoms with Crippen molar-refractivity contribution in [3.63, 3.8) is 0 Å². The highest BCUT2D eigenvalue weighted by Crippen LogP contribution is 2.47. The number of esters is 2. The van der Waals surface area contributed by atoms with Crippen LogP contribution >= 0.6 is 7.82 Å². The van der Waals surface area contributed by atoms with E-state index in [0.717, 1.165) is 44.9 Å². The Kier molecular flexibility index (Phi) is 41.0. The summed E-state index contributed by atoms with van der Waals surface area (Å²) in [6, 6.07) is 0. The Morgan fingerprint density at radius 1 is 0.449 bits per heavy atom. The second kappa shape index (κ2) is 44.0. The molecule has 1 aliphatic rings. The van der Waals surface area contributed by atoms with Crippen molar-refractivity contribution >= 4 is 19.8 Å². The minimum Gasteiger partial charge on any atom is -0.462 e. The largest absolute Gasteiger partial charge is 0.472 e. The molecule has 0 amide bonds. The van der Waals surface area contributed by atoms with Gasteiger partial charge in [0.25, 0.3) is 0 Å². The lowest BCUT2D eigenvalue weighted by Gasteiger charge is -2.41. The van der Waals surface area contributed by atoms with E-state index < -0.39 is 75.7 Å². The van der Waals surface area contributed by atoms with Crippen molar-refractivity contribution in [3.8, 4) is 0 Å². The Balaban J connectivity index is 2.43. The van der Waals surface area contributed by atoms with E-state index in [0.29, 0.717) is 19.3 Å². The third-order valence-corrected chi connectivity index (χ3v) is 13.0. The minimum atomic E-state index is -5.15. The smallest absolute Gasteiger partial charge is 0.462 e. The summed E-state index contributed by atoms with van der Waals surface area (Å²) < 4.78 is 33.6. The molecule has 0 aromatic heterocycles. The number of phosphoric ester groups is 1. The average molecular weight is 995 g/mol. The highest BCUT2D eigenvalue weighted by Gasteiger charge is 2.51. The van der Waals surface area contributed by atoms with Gasteiger partial charge in [-0.25, -0.2) is 4.57 Å². The predicted molar refractivity (Wildman–Crippen MR) is 276 cm³/mol. The zero-order valence-electron chi connectivity index (χ0n) is 42.6. The Morgan fingerprint density at radius 2 is 0.812 bits per heavy atom. The molecule has 8 atom stereocenters. The molecule has 1 aliphatic carbocycles. The highest BCUT2D eigenvalue weighted by atomic mass is 31.2. The molecule has 13 nitrogen and oxygen atoms in total. The van der Waals surface area contributed by atoms with Gasteiger partial charge in [0, 0.05) is 12.8 Å². The lowest BCUT2D eigenvalue weighted by atomic mass is 9.85. The van der Waals surface area contributed by atoms with Crippen LogP contribution in [0.3, 0.4) is 0 Å². The first-order valence-electron chi connectivity index (χ1n) is 26.7. The molecule has 0 aromatic carbocycles. The fourth-order valence-electron chi connectivity index (χ4n) is 7.74. The van der Waals surface area contributed by atoms with Gasteiger partial charge in [0.2, 0.25) is 0 Å². The summed E-state index contributed by atoms with van der Waals surface area (Å²) in [6.45, 7) is 3.23. The minimum absolute atomic E-state index is 0.0291. The van der Waals surface area contributed by atoms with Crippen LogP contribution in [0.25, 0.3) is 0 Å². The molecule has 0 aliphatic heterocycles. The number of ether oxygens (including phenoxy) is 2. The Bertz CT molecular complexity index is 1480. The summed E-state index contributed by atoms with van der Waals surface area (Å²) in [7, 11) is -5.15. The molecule has 398 valence electrons. The molecular weight excluding hydrogens is 900 g/mol. The normalized spacial score (nSPS) is 21.4. The van der Waals surface area contributed by atoms with E-state index in [4.69, 9.17) is 18.5 Å². The number of hydrogen-bond acceptors (Lipinski definition) is 12. The molecule has 14 heteroatoms. The zero-order chi connectivity index (χ0) is 50.6. The molecule has 0 bridgehead atoms. The topological polar surface area (TPSA) is 210 Å². The van der Waals surface area contributed by atoms with Crippen LogP contribution in [0.1, 0.15) is 206 Å². The molecule has 69 heavy (non-hydrogen) atoms. The van der Waals surface area contributed by atoms with Crippen molar-refractivity contribution in [3.05, 3.63) is 72.9 Å². The Labute approximate surface area is 416 Å². The van der Waals surface area contributed by atoms with Gasteiger partial charge in [0.05, 0.1) is 6.61 Å². The molecule has 1 fully saturated rings. The number of aliphatic hydroxyl groups is 5. The van der Waals surface area contributed by atoms with Gasteiger partial charge in [0.15, 0.2) is 6.10 Å². The van der Waals surface area contributed by atoms with E-state index in [-0.39, 0.29) is 12.8 Å². The number of aliphatic hydroxyl groups excluding tert-OH is 5. The van der Waals surface area contributed by atoms with E-state index in [1.807, 2.05) is 18.2 Å². The number of rotatable bonds is 44. The third-order valence-electron chi connectivity index (χ3n) is 12.0. The first-order chi connectivity index (χ1) is 33.4. The van der Waals surface area contributed by atoms with Crippen LogP contribution in [0.4, 0.5) is 0 Å². The molecule has 0 saturated heterocycles. The molecule has 1 saturated carbocycles. The lowest BCUT2D eigenvalue weighted by molar-refractivity contribution is -0.220. The first-order valence-corrected chi connectivity index (χ1v) is 28.2. The number of phosphoric acid groups is 1. The predicted octanol–water partition coefficient (Wildman–Crippen LogP) is 11.8. The van der Waals surface area contributed by atoms with Gasteiger partial charge in [-0.2, -0.15) is 0 Å². The third kappa shape index (κ3) is 36.0. The molecular formula is C55H95O13P. The summed E-state index contributed by atoms with van der Waals surface area (Å²) in [5.41, 5.74) is 0. The maximum atomic E-state index is 12.9. The van der Waals surface area contributed by atoms with Crippen molar-refractivity contribution in [2.24, 2.45) is 0 Å². The molecule has 1 rings (SSSR count). The Hall–Kier alpha value is -2.71. The van der Waals surface area contributed by atoms with Crippen molar-refractivity contribution in [1.82, 2.24) is 0 Å². The summed E-state index contributed by atoms with van der Waals surface area (Å²) in [5.74, 6) is -1.20. The average Bonchev–Trinajstić information content (AvgIpc) is 3.33. The van der Waals surface area contributed by atoms with Crippen LogP contribution in [0.2, 0.25) is 0 Å². The number of allylic oxidation sites excluding steroid dienone is 12. The summed E-state index contributed by atoms with van der Waals surface area (Å²) in [4.78, 5) is 35.8. The van der Waals surface area contributed by atoms with E-state index in [1.165, 1.54) is 116 Å². The fourth-order valence-corrected chi connectivity index (χ4v) is 8.71. The molecule has 0 spiro atoms. The van der Waals surface area contributed by atoms with Crippen molar-refractivity contribution in [2.45, 2.75) is 249 Å². The molecule has 0 heterocycles. The zero-order valence-corrected chi connectivity index (χ0v) is 43.5. The van der Waals surface area contributed by atoms with Crippen molar-refractivity contribution in [2.75, 3.05) is 13.2 Å². The van der Waals surface area contributed by atoms with Gasteiger partial charge < -0.3 is 39.9 Å². The van der Waals surface area contributed by atoms with E-state index in [1.54, 1.807) is 0 Å². The SMILES string of the molecule is CCCCC/C=C/C/C=C/C/C=C/C/C=C/C/C=C/CCC(=O)O[C@@H](COC(=O)CCCCCCCCCCCCC/C=C/CCCCCCCC)COP(=O)(O)OC1C(O)C(O)C(O)[C@H](O)C1O.